The normalized spacial score (nSPS) is 15.2. The molecule has 0 radical (unpaired) electrons. The number of phenolic OH excluding ortho intramolecular Hbond substituents is 1. The molecule has 1 aromatic carbocycles. The van der Waals surface area contributed by atoms with Gasteiger partial charge in [-0.1, -0.05) is 13.8 Å². The Morgan fingerprint density at radius 1 is 1.17 bits per heavy atom. The summed E-state index contributed by atoms with van der Waals surface area (Å²) in [7, 11) is 0. The van der Waals surface area contributed by atoms with Gasteiger partial charge in [0.2, 0.25) is 11.8 Å². The van der Waals surface area contributed by atoms with Gasteiger partial charge in [0.05, 0.1) is 5.69 Å². The van der Waals surface area contributed by atoms with Gasteiger partial charge in [0.1, 0.15) is 17.6 Å². The van der Waals surface area contributed by atoms with Gasteiger partial charge in [-0.2, -0.15) is 0 Å². The fourth-order valence-electron chi connectivity index (χ4n) is 4.55. The third kappa shape index (κ3) is 5.70. The zero-order valence-corrected chi connectivity index (χ0v) is 22.0. The second-order valence-electron chi connectivity index (χ2n) is 9.20. The highest BCUT2D eigenvalue weighted by molar-refractivity contribution is 7.13. The fraction of sp³-hybridized carbons (Fsp3) is 0.393. The van der Waals surface area contributed by atoms with Crippen LogP contribution in [0.3, 0.4) is 0 Å². The Bertz CT molecular complexity index is 1240. The molecule has 2 amide bonds. The number of hydrogen-bond donors (Lipinski definition) is 3. The summed E-state index contributed by atoms with van der Waals surface area (Å²) in [5, 5.41) is 18.8. The highest BCUT2D eigenvalue weighted by atomic mass is 32.1. The predicted octanol–water partition coefficient (Wildman–Crippen LogP) is 5.72. The molecule has 3 heterocycles. The maximum absolute atomic E-state index is 12.9. The lowest BCUT2D eigenvalue weighted by Gasteiger charge is -2.26. The van der Waals surface area contributed by atoms with Gasteiger partial charge in [-0.3, -0.25) is 9.59 Å². The number of thiophene rings is 1. The van der Waals surface area contributed by atoms with Crippen LogP contribution in [0.2, 0.25) is 0 Å². The van der Waals surface area contributed by atoms with E-state index in [0.29, 0.717) is 35.7 Å². The molecule has 0 saturated carbocycles. The topological polar surface area (TPSA) is 94.6 Å². The maximum atomic E-state index is 12.9. The number of rotatable bonds is 9. The lowest BCUT2D eigenvalue weighted by atomic mass is 10.0. The molecule has 190 valence electrons. The molecule has 1 saturated heterocycles. The second kappa shape index (κ2) is 11.6. The average Bonchev–Trinajstić information content (AvgIpc) is 3.53. The van der Waals surface area contributed by atoms with Crippen molar-refractivity contribution in [2.45, 2.75) is 58.9 Å². The smallest absolute Gasteiger partial charge is 0.242 e. The van der Waals surface area contributed by atoms with Crippen LogP contribution in [0.5, 0.6) is 5.75 Å². The van der Waals surface area contributed by atoms with Crippen molar-refractivity contribution in [3.63, 3.8) is 0 Å². The molecule has 36 heavy (non-hydrogen) atoms. The Kier molecular flexibility index (Phi) is 8.25. The van der Waals surface area contributed by atoms with E-state index in [1.807, 2.05) is 26.0 Å². The van der Waals surface area contributed by atoms with Gasteiger partial charge in [0, 0.05) is 35.6 Å². The lowest BCUT2D eigenvalue weighted by molar-refractivity contribution is -0.122. The molecule has 7 nitrogen and oxygen atoms in total. The van der Waals surface area contributed by atoms with Crippen molar-refractivity contribution >= 4 is 34.7 Å². The Balaban J connectivity index is 1.78. The van der Waals surface area contributed by atoms with Crippen LogP contribution in [-0.4, -0.2) is 41.0 Å². The van der Waals surface area contributed by atoms with Gasteiger partial charge in [0.15, 0.2) is 0 Å². The van der Waals surface area contributed by atoms with Crippen LogP contribution in [0.1, 0.15) is 51.5 Å². The molecule has 1 aliphatic rings. The number of nitrogens with zero attached hydrogens (tertiary/aromatic N) is 2. The average molecular weight is 507 g/mol. The largest absolute Gasteiger partial charge is 0.507 e. The van der Waals surface area contributed by atoms with Gasteiger partial charge >= 0.3 is 0 Å². The number of hydrogen-bond acceptors (Lipinski definition) is 6. The van der Waals surface area contributed by atoms with Crippen molar-refractivity contribution < 1.29 is 14.7 Å². The maximum Gasteiger partial charge on any atom is 0.242 e. The first-order valence-corrected chi connectivity index (χ1v) is 13.5. The van der Waals surface area contributed by atoms with Gasteiger partial charge in [-0.05, 0) is 85.5 Å². The molecule has 3 aromatic rings. The van der Waals surface area contributed by atoms with Crippen molar-refractivity contribution in [1.29, 1.82) is 0 Å². The van der Waals surface area contributed by atoms with Crippen LogP contribution >= 0.6 is 11.3 Å². The summed E-state index contributed by atoms with van der Waals surface area (Å²) >= 11 is 1.65. The van der Waals surface area contributed by atoms with Crippen LogP contribution in [0.25, 0.3) is 21.7 Å². The first-order chi connectivity index (χ1) is 17.4. The van der Waals surface area contributed by atoms with Crippen molar-refractivity contribution in [1.82, 2.24) is 10.3 Å². The molecule has 4 rings (SSSR count). The van der Waals surface area contributed by atoms with E-state index in [4.69, 9.17) is 4.98 Å². The van der Waals surface area contributed by atoms with Crippen molar-refractivity contribution in [3.8, 4) is 27.4 Å². The molecule has 2 aromatic heterocycles. The molecule has 1 fully saturated rings. The zero-order chi connectivity index (χ0) is 25.7. The van der Waals surface area contributed by atoms with E-state index in [1.165, 1.54) is 0 Å². The molecule has 0 bridgehead atoms. The number of carbonyl (C=O) groups is 2. The number of nitrogens with one attached hydrogen (secondary N) is 2. The summed E-state index contributed by atoms with van der Waals surface area (Å²) in [6.45, 7) is 7.46. The number of aryl methyl sites for hydroxylation is 1. The first kappa shape index (κ1) is 25.7. The second-order valence-corrected chi connectivity index (χ2v) is 10.1. The minimum atomic E-state index is -0.273. The first-order valence-electron chi connectivity index (χ1n) is 12.6. The lowest BCUT2D eigenvalue weighted by Crippen LogP contribution is -2.44. The molecule has 8 heteroatoms. The van der Waals surface area contributed by atoms with Crippen molar-refractivity contribution in [2.75, 3.05) is 23.3 Å². The van der Waals surface area contributed by atoms with E-state index in [0.717, 1.165) is 48.2 Å². The molecule has 0 aliphatic carbocycles. The van der Waals surface area contributed by atoms with Gasteiger partial charge in [-0.25, -0.2) is 4.98 Å². The molecular weight excluding hydrogens is 472 g/mol. The van der Waals surface area contributed by atoms with Gasteiger partial charge in [0.25, 0.3) is 0 Å². The minimum absolute atomic E-state index is 0.0267. The zero-order valence-electron chi connectivity index (χ0n) is 21.1. The Hall–Kier alpha value is -3.39. The monoisotopic (exact) mass is 506 g/mol. The summed E-state index contributed by atoms with van der Waals surface area (Å²) in [6.07, 6.45) is 3.76. The quantitative estimate of drug-likeness (QED) is 0.323. The number of anilines is 2. The number of carbonyl (C=O) groups excluding carboxylic acids is 2. The van der Waals surface area contributed by atoms with Crippen LogP contribution in [0.15, 0.2) is 41.8 Å². The molecule has 0 spiro atoms. The van der Waals surface area contributed by atoms with Crippen LogP contribution in [0, 0.1) is 6.92 Å². The summed E-state index contributed by atoms with van der Waals surface area (Å²) in [4.78, 5) is 33.2. The van der Waals surface area contributed by atoms with Gasteiger partial charge < -0.3 is 20.6 Å². The van der Waals surface area contributed by atoms with Crippen molar-refractivity contribution in [3.05, 3.63) is 47.3 Å². The van der Waals surface area contributed by atoms with E-state index >= 15 is 0 Å². The van der Waals surface area contributed by atoms with Gasteiger partial charge in [-0.15, -0.1) is 11.3 Å². The highest BCUT2D eigenvalue weighted by Crippen LogP contribution is 2.38. The summed E-state index contributed by atoms with van der Waals surface area (Å²) in [5.41, 5.74) is 3.89. The molecule has 1 atom stereocenters. The SMILES string of the molecule is CCCNC(=O)[C@@H]1CCCN1c1cc(-c2sccc2C)cc(-c2cc(NC(=O)CCC)ccc2O)n1. The number of phenols is 1. The van der Waals surface area contributed by atoms with E-state index in [1.54, 1.807) is 29.5 Å². The molecule has 1 aliphatic heterocycles. The number of benzene rings is 1. The standard InChI is InChI=1S/C28H34N4O3S/c1-4-7-26(34)30-20-9-10-24(33)21(17-20)22-15-19(27-18(3)11-14-36-27)16-25(31-22)32-13-6-8-23(32)28(35)29-12-5-2/h9-11,14-17,23,33H,4-8,12-13H2,1-3H3,(H,29,35)(H,30,34)/t23-/m0/s1. The predicted molar refractivity (Wildman–Crippen MR) is 147 cm³/mol. The van der Waals surface area contributed by atoms with E-state index in [-0.39, 0.29) is 23.6 Å². The minimum Gasteiger partial charge on any atom is -0.507 e. The number of amides is 2. The fourth-order valence-corrected chi connectivity index (χ4v) is 5.47. The van der Waals surface area contributed by atoms with E-state index in [9.17, 15) is 14.7 Å². The Morgan fingerprint density at radius 2 is 2.00 bits per heavy atom. The number of pyridine rings is 1. The number of aromatic nitrogens is 1. The molecule has 3 N–H and O–H groups in total. The molecule has 0 unspecified atom stereocenters. The highest BCUT2D eigenvalue weighted by Gasteiger charge is 2.32. The van der Waals surface area contributed by atoms with Crippen molar-refractivity contribution in [2.24, 2.45) is 0 Å². The number of aromatic hydroxyl groups is 1. The van der Waals surface area contributed by atoms with Crippen LogP contribution in [-0.2, 0) is 9.59 Å². The van der Waals surface area contributed by atoms with E-state index in [2.05, 4.69) is 33.9 Å². The molecular formula is C28H34N4O3S. The van der Waals surface area contributed by atoms with E-state index < -0.39 is 0 Å². The summed E-state index contributed by atoms with van der Waals surface area (Å²) in [5.74, 6) is 0.757. The van der Waals surface area contributed by atoms with Crippen LogP contribution in [0.4, 0.5) is 11.5 Å². The Morgan fingerprint density at radius 3 is 2.72 bits per heavy atom. The third-order valence-electron chi connectivity index (χ3n) is 6.37. The Labute approximate surface area is 216 Å². The summed E-state index contributed by atoms with van der Waals surface area (Å²) < 4.78 is 0. The summed E-state index contributed by atoms with van der Waals surface area (Å²) in [6, 6.07) is 10.8. The van der Waals surface area contributed by atoms with Crippen LogP contribution < -0.4 is 15.5 Å². The third-order valence-corrected chi connectivity index (χ3v) is 7.43.